The van der Waals surface area contributed by atoms with E-state index in [0.717, 1.165) is 31.7 Å². The molecule has 1 saturated heterocycles. The fourth-order valence-electron chi connectivity index (χ4n) is 2.68. The molecular weight excluding hydrogens is 280 g/mol. The molecule has 1 aliphatic rings. The van der Waals surface area contributed by atoms with E-state index < -0.39 is 6.04 Å². The largest absolute Gasteiger partial charge is 0.304 e. The predicted octanol–water partition coefficient (Wildman–Crippen LogP) is 3.68. The summed E-state index contributed by atoms with van der Waals surface area (Å²) in [4.78, 5) is 4.40. The Bertz CT molecular complexity index is 775. The Morgan fingerprint density at radius 3 is 2.19 bits per heavy atom. The third-order valence-corrected chi connectivity index (χ3v) is 4.13. The molecule has 3 rings (SSSR count). The zero-order valence-electron chi connectivity index (χ0n) is 17.0. The van der Waals surface area contributed by atoms with Crippen molar-refractivity contribution in [1.82, 2.24) is 9.80 Å². The summed E-state index contributed by atoms with van der Waals surface area (Å²) in [5.74, 6) is 0. The van der Waals surface area contributed by atoms with Crippen molar-refractivity contribution in [1.29, 1.82) is 0 Å². The van der Waals surface area contributed by atoms with Crippen LogP contribution in [0.5, 0.6) is 0 Å². The number of likely N-dealkylation sites (N-methyl/N-ethyl adjacent to an activating group) is 1. The lowest BCUT2D eigenvalue weighted by atomic mass is 9.96. The first-order valence-electron chi connectivity index (χ1n) is 9.56. The first-order valence-corrected chi connectivity index (χ1v) is 7.44. The molecule has 0 spiro atoms. The van der Waals surface area contributed by atoms with E-state index in [1.165, 1.54) is 0 Å². The molecule has 1 heterocycles. The number of hydrogen-bond acceptors (Lipinski definition) is 2. The van der Waals surface area contributed by atoms with Crippen molar-refractivity contribution in [3.8, 4) is 0 Å². The van der Waals surface area contributed by atoms with E-state index in [1.807, 2.05) is 12.1 Å². The molecule has 1 atom stereocenters. The summed E-state index contributed by atoms with van der Waals surface area (Å²) in [7, 11) is 2.05. The highest BCUT2D eigenvalue weighted by atomic mass is 35.5. The summed E-state index contributed by atoms with van der Waals surface area (Å²) < 4.78 is 40.6. The lowest BCUT2D eigenvalue weighted by Crippen LogP contribution is -2.46. The Balaban J connectivity index is 2.17. The highest BCUT2D eigenvalue weighted by Crippen LogP contribution is 2.30. The second-order valence-corrected chi connectivity index (χ2v) is 5.77. The van der Waals surface area contributed by atoms with E-state index >= 15 is 0 Å². The average Bonchev–Trinajstić information content (AvgIpc) is 2.64. The van der Waals surface area contributed by atoms with Crippen LogP contribution in [0.4, 0.5) is 0 Å². The normalized spacial score (nSPS) is 21.9. The summed E-state index contributed by atoms with van der Waals surface area (Å²) in [5, 5.41) is 0.604. The van der Waals surface area contributed by atoms with Crippen molar-refractivity contribution in [3.63, 3.8) is 0 Å². The van der Waals surface area contributed by atoms with Gasteiger partial charge in [0.05, 0.1) is 12.9 Å². The summed E-state index contributed by atoms with van der Waals surface area (Å²) in [6, 6.07) is 5.63. The summed E-state index contributed by atoms with van der Waals surface area (Å²) in [5.41, 5.74) is 1.19. The maximum atomic E-state index is 8.38. The lowest BCUT2D eigenvalue weighted by Gasteiger charge is -2.38. The van der Waals surface area contributed by atoms with Gasteiger partial charge in [0.1, 0.15) is 0 Å². The number of nitrogens with zero attached hydrogens (tertiary/aromatic N) is 2. The van der Waals surface area contributed by atoms with Gasteiger partial charge in [-0.3, -0.25) is 4.90 Å². The first-order chi connectivity index (χ1) is 12.3. The van der Waals surface area contributed by atoms with Crippen LogP contribution in [0, 0.1) is 0 Å². The van der Waals surface area contributed by atoms with Crippen LogP contribution in [0.3, 0.4) is 0 Å². The van der Waals surface area contributed by atoms with Crippen LogP contribution in [-0.2, 0) is 0 Å². The molecule has 2 aromatic carbocycles. The maximum absolute atomic E-state index is 8.38. The molecule has 2 nitrogen and oxygen atoms in total. The van der Waals surface area contributed by atoms with Crippen LogP contribution in [-0.4, -0.2) is 43.0 Å². The number of benzene rings is 2. The van der Waals surface area contributed by atoms with E-state index in [-0.39, 0.29) is 30.2 Å². The van der Waals surface area contributed by atoms with Crippen molar-refractivity contribution in [2.75, 3.05) is 33.2 Å². The van der Waals surface area contributed by atoms with Gasteiger partial charge in [-0.15, -0.1) is 0 Å². The number of hydrogen-bond donors (Lipinski definition) is 0. The van der Waals surface area contributed by atoms with Crippen LogP contribution >= 0.6 is 11.6 Å². The van der Waals surface area contributed by atoms with Crippen LogP contribution < -0.4 is 0 Å². The van der Waals surface area contributed by atoms with Gasteiger partial charge in [0, 0.05) is 31.2 Å². The first kappa shape index (κ1) is 9.62. The summed E-state index contributed by atoms with van der Waals surface area (Å²) in [6.45, 7) is 3.24. The second-order valence-electron chi connectivity index (χ2n) is 5.33. The molecule has 110 valence electrons. The molecule has 0 aromatic heterocycles. The van der Waals surface area contributed by atoms with Gasteiger partial charge in [-0.25, -0.2) is 0 Å². The molecule has 0 N–H and O–H groups in total. The van der Waals surface area contributed by atoms with Crippen LogP contribution in [0.15, 0.2) is 54.5 Å². The fraction of sp³-hybridized carbons (Fsp3) is 0.333. The third kappa shape index (κ3) is 3.46. The van der Waals surface area contributed by atoms with E-state index in [1.54, 1.807) is 12.1 Å². The van der Waals surface area contributed by atoms with Gasteiger partial charge in [0.15, 0.2) is 0 Å². The summed E-state index contributed by atoms with van der Waals surface area (Å²) >= 11 is 6.02. The van der Waals surface area contributed by atoms with Crippen molar-refractivity contribution in [3.05, 3.63) is 70.6 Å². The molecule has 21 heavy (non-hydrogen) atoms. The lowest BCUT2D eigenvalue weighted by molar-refractivity contribution is 0.127. The van der Waals surface area contributed by atoms with Gasteiger partial charge in [-0.1, -0.05) is 53.9 Å². The van der Waals surface area contributed by atoms with Gasteiger partial charge in [0.2, 0.25) is 0 Å². The van der Waals surface area contributed by atoms with Crippen LogP contribution in [0.25, 0.3) is 0 Å². The molecule has 2 aromatic rings. The Kier molecular flexibility index (Phi) is 3.03. The molecule has 0 amide bonds. The maximum Gasteiger partial charge on any atom is 0.0626 e. The second kappa shape index (κ2) is 6.61. The molecule has 3 heteroatoms. The van der Waals surface area contributed by atoms with Crippen LogP contribution in [0.2, 0.25) is 5.02 Å². The molecule has 0 aliphatic carbocycles. The molecule has 1 unspecified atom stereocenters. The Morgan fingerprint density at radius 2 is 1.57 bits per heavy atom. The van der Waals surface area contributed by atoms with Crippen molar-refractivity contribution in [2.45, 2.75) is 6.04 Å². The average molecular weight is 306 g/mol. The number of rotatable bonds is 3. The Morgan fingerprint density at radius 1 is 0.952 bits per heavy atom. The zero-order valence-corrected chi connectivity index (χ0v) is 12.7. The van der Waals surface area contributed by atoms with Gasteiger partial charge < -0.3 is 4.90 Å². The van der Waals surface area contributed by atoms with E-state index in [4.69, 9.17) is 18.5 Å². The molecule has 0 saturated carbocycles. The number of piperazine rings is 1. The van der Waals surface area contributed by atoms with Gasteiger partial charge in [0.25, 0.3) is 0 Å². The standard InChI is InChI=1S/C18H21ClN2/c1-20-11-13-21(14-12-20)18(15-5-3-2-4-6-15)16-7-9-17(19)10-8-16/h2-10,18H,11-14H2,1H3/i2D,3D,4D,5D,6D. The zero-order chi connectivity index (χ0) is 19.0. The highest BCUT2D eigenvalue weighted by molar-refractivity contribution is 6.30. The van der Waals surface area contributed by atoms with Crippen LogP contribution in [0.1, 0.15) is 24.0 Å². The third-order valence-electron chi connectivity index (χ3n) is 3.88. The molecule has 1 aliphatic heterocycles. The fourth-order valence-corrected chi connectivity index (χ4v) is 2.81. The van der Waals surface area contributed by atoms with Gasteiger partial charge >= 0.3 is 0 Å². The highest BCUT2D eigenvalue weighted by Gasteiger charge is 2.25. The van der Waals surface area contributed by atoms with E-state index in [0.29, 0.717) is 10.6 Å². The van der Waals surface area contributed by atoms with E-state index in [2.05, 4.69) is 16.8 Å². The predicted molar refractivity (Wildman–Crippen MR) is 88.8 cm³/mol. The molecule has 1 fully saturated rings. The molecule has 0 radical (unpaired) electrons. The molecular formula is C18H21ClN2. The summed E-state index contributed by atoms with van der Waals surface area (Å²) in [6.07, 6.45) is 0. The monoisotopic (exact) mass is 305 g/mol. The minimum Gasteiger partial charge on any atom is -0.304 e. The smallest absolute Gasteiger partial charge is 0.0626 e. The topological polar surface area (TPSA) is 6.48 Å². The van der Waals surface area contributed by atoms with Crippen molar-refractivity contribution in [2.24, 2.45) is 0 Å². The SMILES string of the molecule is [2H]c1c([2H])c([2H])c(C(c2ccc(Cl)cc2)N2CCN(C)CC2)c([2H])c1[2H]. The Hall–Kier alpha value is -1.35. The van der Waals surface area contributed by atoms with Crippen molar-refractivity contribution >= 4 is 11.6 Å². The minimum absolute atomic E-state index is 0.144. The minimum atomic E-state index is -0.408. The van der Waals surface area contributed by atoms with Gasteiger partial charge in [-0.2, -0.15) is 0 Å². The molecule has 0 bridgehead atoms. The van der Waals surface area contributed by atoms with Gasteiger partial charge in [-0.05, 0) is 30.3 Å². The number of halogens is 1. The van der Waals surface area contributed by atoms with Crippen molar-refractivity contribution < 1.29 is 6.85 Å². The quantitative estimate of drug-likeness (QED) is 0.853. The van der Waals surface area contributed by atoms with E-state index in [9.17, 15) is 0 Å². The Labute approximate surface area is 139 Å².